The number of carbonyl (C=O) groups is 1. The van der Waals surface area contributed by atoms with E-state index in [0.29, 0.717) is 28.8 Å². The first-order chi connectivity index (χ1) is 18.7. The van der Waals surface area contributed by atoms with E-state index in [1.165, 1.54) is 30.5 Å². The van der Waals surface area contributed by atoms with Gasteiger partial charge in [0.05, 0.1) is 17.5 Å². The Morgan fingerprint density at radius 2 is 1.92 bits per heavy atom. The number of carboxylic acids is 1. The third-order valence-electron chi connectivity index (χ3n) is 6.99. The first kappa shape index (κ1) is 26.1. The lowest BCUT2D eigenvalue weighted by Gasteiger charge is -2.26. The molecule has 5 aromatic rings. The van der Waals surface area contributed by atoms with Gasteiger partial charge < -0.3 is 24.9 Å². The lowest BCUT2D eigenvalue weighted by atomic mass is 9.87. The van der Waals surface area contributed by atoms with Crippen LogP contribution in [0.1, 0.15) is 42.1 Å². The molecule has 2 aromatic heterocycles. The van der Waals surface area contributed by atoms with Crippen molar-refractivity contribution in [2.75, 3.05) is 0 Å². The van der Waals surface area contributed by atoms with Crippen molar-refractivity contribution in [1.29, 1.82) is 0 Å². The number of nitrogens with one attached hydrogen (secondary N) is 2. The number of hydrogen-bond donors (Lipinski definition) is 4. The van der Waals surface area contributed by atoms with Gasteiger partial charge in [-0.2, -0.15) is 0 Å². The Hall–Kier alpha value is -4.50. The van der Waals surface area contributed by atoms with Crippen LogP contribution in [0.4, 0.5) is 8.78 Å². The summed E-state index contributed by atoms with van der Waals surface area (Å²) in [6.07, 6.45) is 3.74. The minimum atomic E-state index is -1.47. The smallest absolute Gasteiger partial charge is 0.303 e. The molecule has 0 spiro atoms. The minimum absolute atomic E-state index is 0.0254. The molecule has 0 saturated heterocycles. The van der Waals surface area contributed by atoms with Crippen LogP contribution in [0, 0.1) is 18.6 Å². The van der Waals surface area contributed by atoms with E-state index < -0.39 is 23.2 Å². The summed E-state index contributed by atoms with van der Waals surface area (Å²) < 4.78 is 35.6. The number of aromatic amines is 2. The van der Waals surface area contributed by atoms with E-state index in [-0.39, 0.29) is 35.7 Å². The van der Waals surface area contributed by atoms with Crippen LogP contribution in [-0.4, -0.2) is 31.1 Å². The Morgan fingerprint density at radius 3 is 2.69 bits per heavy atom. The molecule has 1 atom stereocenters. The monoisotopic (exact) mass is 531 g/mol. The van der Waals surface area contributed by atoms with Crippen LogP contribution in [0.2, 0.25) is 0 Å². The summed E-state index contributed by atoms with van der Waals surface area (Å²) in [7, 11) is 0. The van der Waals surface area contributed by atoms with Crippen LogP contribution >= 0.6 is 0 Å². The molecule has 0 aliphatic carbocycles. The van der Waals surface area contributed by atoms with Crippen LogP contribution in [0.5, 0.6) is 11.5 Å². The lowest BCUT2D eigenvalue weighted by Crippen LogP contribution is -2.27. The number of imidazole rings is 1. The molecule has 5 rings (SSSR count). The molecule has 1 unspecified atom stereocenters. The second-order valence-corrected chi connectivity index (χ2v) is 9.45. The second kappa shape index (κ2) is 10.3. The molecule has 200 valence electrons. The summed E-state index contributed by atoms with van der Waals surface area (Å²) in [5, 5.41) is 21.4. The fourth-order valence-electron chi connectivity index (χ4n) is 4.77. The molecule has 2 heterocycles. The fraction of sp³-hybridized carbons (Fsp3) is 0.200. The van der Waals surface area contributed by atoms with E-state index in [9.17, 15) is 18.7 Å². The van der Waals surface area contributed by atoms with E-state index in [1.54, 1.807) is 44.3 Å². The Kier molecular flexibility index (Phi) is 6.93. The van der Waals surface area contributed by atoms with Crippen LogP contribution < -0.4 is 4.74 Å². The second-order valence-electron chi connectivity index (χ2n) is 9.45. The first-order valence-electron chi connectivity index (χ1n) is 12.5. The summed E-state index contributed by atoms with van der Waals surface area (Å²) >= 11 is 0. The van der Waals surface area contributed by atoms with Crippen molar-refractivity contribution >= 4 is 16.9 Å². The molecule has 0 bridgehead atoms. The van der Waals surface area contributed by atoms with Gasteiger partial charge in [0.15, 0.2) is 11.6 Å². The van der Waals surface area contributed by atoms with Crippen LogP contribution in [-0.2, 0) is 16.8 Å². The number of rotatable bonds is 9. The highest BCUT2D eigenvalue weighted by molar-refractivity contribution is 5.85. The molecule has 0 radical (unpaired) electrons. The van der Waals surface area contributed by atoms with Crippen molar-refractivity contribution in [3.63, 3.8) is 0 Å². The van der Waals surface area contributed by atoms with E-state index >= 15 is 0 Å². The van der Waals surface area contributed by atoms with Crippen molar-refractivity contribution in [2.24, 2.45) is 0 Å². The number of ether oxygens (including phenoxy) is 1. The standard InChI is InChI=1S/C30H27F2N3O4/c1-3-30(38,19-6-4-5-18(13-19)7-10-27(36)37)26-16-34-29(35-26)22-14-20(8-9-23(22)31)39-28-17(2)21-11-12-33-25(21)15-24(28)32/h4-6,8-9,11-16,33,38H,3,7,10H2,1-2H3,(H,34,35)(H,36,37). The molecule has 7 nitrogen and oxygen atoms in total. The Balaban J connectivity index is 1.46. The molecule has 0 aliphatic rings. The highest BCUT2D eigenvalue weighted by Gasteiger charge is 2.32. The van der Waals surface area contributed by atoms with E-state index in [2.05, 4.69) is 15.0 Å². The first-order valence-corrected chi connectivity index (χ1v) is 12.5. The Bertz CT molecular complexity index is 1680. The zero-order valence-corrected chi connectivity index (χ0v) is 21.4. The topological polar surface area (TPSA) is 111 Å². The summed E-state index contributed by atoms with van der Waals surface area (Å²) in [6, 6.07) is 14.3. The average Bonchev–Trinajstić information content (AvgIpc) is 3.61. The summed E-state index contributed by atoms with van der Waals surface area (Å²) in [5.41, 5.74) is 1.56. The number of aromatic nitrogens is 3. The van der Waals surface area contributed by atoms with Crippen molar-refractivity contribution in [3.8, 4) is 22.9 Å². The largest absolute Gasteiger partial charge is 0.481 e. The Labute approximate surface area is 223 Å². The maximum atomic E-state index is 14.9. The SMILES string of the molecule is CCC(O)(c1cccc(CCC(=O)O)c1)c1cnc(-c2cc(Oc3c(F)cc4[nH]ccc4c3C)ccc2F)[nH]1. The van der Waals surface area contributed by atoms with Gasteiger partial charge in [0.25, 0.3) is 0 Å². The van der Waals surface area contributed by atoms with E-state index in [0.717, 1.165) is 10.9 Å². The number of hydrogen-bond acceptors (Lipinski definition) is 4. The van der Waals surface area contributed by atoms with Crippen LogP contribution in [0.3, 0.4) is 0 Å². The van der Waals surface area contributed by atoms with Gasteiger partial charge in [-0.25, -0.2) is 13.8 Å². The predicted molar refractivity (Wildman–Crippen MR) is 143 cm³/mol. The molecular weight excluding hydrogens is 504 g/mol. The van der Waals surface area contributed by atoms with Gasteiger partial charge in [0.2, 0.25) is 0 Å². The molecule has 0 aliphatic heterocycles. The van der Waals surface area contributed by atoms with E-state index in [1.807, 2.05) is 6.07 Å². The van der Waals surface area contributed by atoms with Gasteiger partial charge in [0, 0.05) is 35.2 Å². The normalized spacial score (nSPS) is 12.9. The number of aryl methyl sites for hydroxylation is 2. The molecular formula is C30H27F2N3O4. The number of nitrogens with zero attached hydrogens (tertiary/aromatic N) is 1. The quantitative estimate of drug-likeness (QED) is 0.171. The van der Waals surface area contributed by atoms with Crippen molar-refractivity contribution < 1.29 is 28.5 Å². The molecule has 4 N–H and O–H groups in total. The number of H-pyrrole nitrogens is 2. The van der Waals surface area contributed by atoms with Gasteiger partial charge >= 0.3 is 5.97 Å². The average molecular weight is 532 g/mol. The predicted octanol–water partition coefficient (Wildman–Crippen LogP) is 6.60. The van der Waals surface area contributed by atoms with E-state index in [4.69, 9.17) is 9.84 Å². The maximum absolute atomic E-state index is 14.9. The van der Waals surface area contributed by atoms with Gasteiger partial charge in [-0.3, -0.25) is 4.79 Å². The molecule has 9 heteroatoms. The number of halogens is 2. The Morgan fingerprint density at radius 1 is 1.10 bits per heavy atom. The fourth-order valence-corrected chi connectivity index (χ4v) is 4.77. The third kappa shape index (κ3) is 5.00. The molecule has 39 heavy (non-hydrogen) atoms. The number of carboxylic acid groups (broad SMARTS) is 1. The van der Waals surface area contributed by atoms with Crippen molar-refractivity contribution in [3.05, 3.63) is 101 Å². The number of benzene rings is 3. The van der Waals surface area contributed by atoms with Crippen LogP contribution in [0.25, 0.3) is 22.3 Å². The molecule has 0 amide bonds. The molecule has 0 fully saturated rings. The van der Waals surface area contributed by atoms with Gasteiger partial charge in [0.1, 0.15) is 23.0 Å². The molecule has 3 aromatic carbocycles. The number of aliphatic carboxylic acids is 1. The summed E-state index contributed by atoms with van der Waals surface area (Å²) in [4.78, 5) is 21.3. The zero-order chi connectivity index (χ0) is 27.7. The summed E-state index contributed by atoms with van der Waals surface area (Å²) in [5.74, 6) is -1.59. The number of fused-ring (bicyclic) bond motifs is 1. The molecule has 0 saturated carbocycles. The third-order valence-corrected chi connectivity index (χ3v) is 6.99. The van der Waals surface area contributed by atoms with Crippen molar-refractivity contribution in [1.82, 2.24) is 15.0 Å². The lowest BCUT2D eigenvalue weighted by molar-refractivity contribution is -0.136. The highest BCUT2D eigenvalue weighted by Crippen LogP contribution is 2.37. The van der Waals surface area contributed by atoms with Gasteiger partial charge in [-0.15, -0.1) is 0 Å². The number of aliphatic hydroxyl groups is 1. The zero-order valence-electron chi connectivity index (χ0n) is 21.4. The van der Waals surface area contributed by atoms with Crippen LogP contribution in [0.15, 0.2) is 67.0 Å². The minimum Gasteiger partial charge on any atom is -0.481 e. The van der Waals surface area contributed by atoms with Crippen molar-refractivity contribution in [2.45, 2.75) is 38.7 Å². The van der Waals surface area contributed by atoms with Gasteiger partial charge in [-0.1, -0.05) is 31.2 Å². The summed E-state index contributed by atoms with van der Waals surface area (Å²) in [6.45, 7) is 3.55. The maximum Gasteiger partial charge on any atom is 0.303 e. The highest BCUT2D eigenvalue weighted by atomic mass is 19.1. The van der Waals surface area contributed by atoms with Gasteiger partial charge in [-0.05, 0) is 55.2 Å².